The molecule has 0 radical (unpaired) electrons. The van der Waals surface area contributed by atoms with Gasteiger partial charge < -0.3 is 24.6 Å². The van der Waals surface area contributed by atoms with Crippen molar-refractivity contribution in [3.05, 3.63) is 17.7 Å². The van der Waals surface area contributed by atoms with E-state index in [1.807, 2.05) is 0 Å². The second-order valence-corrected chi connectivity index (χ2v) is 4.80. The molecule has 7 heteroatoms. The van der Waals surface area contributed by atoms with Crippen molar-refractivity contribution in [3.63, 3.8) is 0 Å². The summed E-state index contributed by atoms with van der Waals surface area (Å²) in [5.41, 5.74) is -1.18. The van der Waals surface area contributed by atoms with Crippen molar-refractivity contribution >= 4 is 11.9 Å². The van der Waals surface area contributed by atoms with E-state index in [0.29, 0.717) is 17.2 Å². The fourth-order valence-electron chi connectivity index (χ4n) is 1.62. The van der Waals surface area contributed by atoms with E-state index >= 15 is 0 Å². The van der Waals surface area contributed by atoms with Gasteiger partial charge >= 0.3 is 5.97 Å². The molecule has 0 unspecified atom stereocenters. The standard InChI is InChI=1S/C14H19NO6/c1-14(2,13(17)18)15-12(16)8-6-9(19-3)11(21-5)10(7-8)20-4/h6-7H,1-5H3,(H,15,16)(H,17,18). The van der Waals surface area contributed by atoms with Crippen LogP contribution in [0.2, 0.25) is 0 Å². The van der Waals surface area contributed by atoms with Gasteiger partial charge in [-0.15, -0.1) is 0 Å². The monoisotopic (exact) mass is 297 g/mol. The SMILES string of the molecule is COc1cc(C(=O)NC(C)(C)C(=O)O)cc(OC)c1OC. The maximum Gasteiger partial charge on any atom is 0.328 e. The third-order valence-electron chi connectivity index (χ3n) is 2.89. The minimum Gasteiger partial charge on any atom is -0.493 e. The molecule has 2 N–H and O–H groups in total. The van der Waals surface area contributed by atoms with Gasteiger partial charge in [-0.3, -0.25) is 4.79 Å². The van der Waals surface area contributed by atoms with E-state index in [1.165, 1.54) is 47.3 Å². The van der Waals surface area contributed by atoms with Crippen LogP contribution in [0.5, 0.6) is 17.2 Å². The van der Waals surface area contributed by atoms with Crippen LogP contribution >= 0.6 is 0 Å². The lowest BCUT2D eigenvalue weighted by atomic mass is 10.0. The molecular formula is C14H19NO6. The predicted molar refractivity (Wildman–Crippen MR) is 75.3 cm³/mol. The van der Waals surface area contributed by atoms with E-state index in [-0.39, 0.29) is 5.56 Å². The summed E-state index contributed by atoms with van der Waals surface area (Å²) in [5, 5.41) is 11.5. The van der Waals surface area contributed by atoms with Gasteiger partial charge in [0, 0.05) is 5.56 Å². The number of carbonyl (C=O) groups excluding carboxylic acids is 1. The van der Waals surface area contributed by atoms with E-state index in [2.05, 4.69) is 5.32 Å². The van der Waals surface area contributed by atoms with Crippen LogP contribution < -0.4 is 19.5 Å². The summed E-state index contributed by atoms with van der Waals surface area (Å²) in [4.78, 5) is 23.2. The molecule has 0 aliphatic carbocycles. The number of carboxylic acids is 1. The summed E-state index contributed by atoms with van der Waals surface area (Å²) >= 11 is 0. The average Bonchev–Trinajstić information content (AvgIpc) is 2.44. The van der Waals surface area contributed by atoms with Gasteiger partial charge in [-0.2, -0.15) is 0 Å². The Bertz CT molecular complexity index is 527. The Morgan fingerprint density at radius 2 is 1.52 bits per heavy atom. The lowest BCUT2D eigenvalue weighted by Crippen LogP contribution is -2.49. The zero-order chi connectivity index (χ0) is 16.2. The Hall–Kier alpha value is -2.44. The van der Waals surface area contributed by atoms with Crippen molar-refractivity contribution in [2.45, 2.75) is 19.4 Å². The summed E-state index contributed by atoms with van der Waals surface area (Å²) in [7, 11) is 4.31. The van der Waals surface area contributed by atoms with Gasteiger partial charge in [-0.1, -0.05) is 0 Å². The number of ether oxygens (including phenoxy) is 3. The van der Waals surface area contributed by atoms with Crippen molar-refractivity contribution in [2.75, 3.05) is 21.3 Å². The number of rotatable bonds is 6. The van der Waals surface area contributed by atoms with Crippen LogP contribution in [0.3, 0.4) is 0 Å². The van der Waals surface area contributed by atoms with Gasteiger partial charge in [-0.25, -0.2) is 4.79 Å². The van der Waals surface area contributed by atoms with Gasteiger partial charge in [0.25, 0.3) is 5.91 Å². The summed E-state index contributed by atoms with van der Waals surface area (Å²) in [6, 6.07) is 2.91. The molecule has 0 aliphatic rings. The summed E-state index contributed by atoms with van der Waals surface area (Å²) < 4.78 is 15.4. The highest BCUT2D eigenvalue weighted by Crippen LogP contribution is 2.38. The molecule has 0 saturated heterocycles. The molecule has 116 valence electrons. The molecule has 21 heavy (non-hydrogen) atoms. The quantitative estimate of drug-likeness (QED) is 0.822. The van der Waals surface area contributed by atoms with Crippen molar-refractivity contribution in [3.8, 4) is 17.2 Å². The Balaban J connectivity index is 3.19. The maximum absolute atomic E-state index is 12.2. The normalized spacial score (nSPS) is 10.7. The number of hydrogen-bond donors (Lipinski definition) is 2. The van der Waals surface area contributed by atoms with Crippen LogP contribution in [0.1, 0.15) is 24.2 Å². The first-order valence-corrected chi connectivity index (χ1v) is 6.12. The minimum atomic E-state index is -1.39. The maximum atomic E-state index is 12.2. The fourth-order valence-corrected chi connectivity index (χ4v) is 1.62. The van der Waals surface area contributed by atoms with Crippen molar-refractivity contribution in [2.24, 2.45) is 0 Å². The minimum absolute atomic E-state index is 0.207. The lowest BCUT2D eigenvalue weighted by molar-refractivity contribution is -0.143. The molecule has 0 bridgehead atoms. The average molecular weight is 297 g/mol. The molecule has 1 aromatic carbocycles. The lowest BCUT2D eigenvalue weighted by Gasteiger charge is -2.21. The van der Waals surface area contributed by atoms with Gasteiger partial charge in [0.15, 0.2) is 11.5 Å². The van der Waals surface area contributed by atoms with Gasteiger partial charge in [-0.05, 0) is 26.0 Å². The molecule has 0 atom stereocenters. The van der Waals surface area contributed by atoms with Crippen LogP contribution in [0, 0.1) is 0 Å². The molecule has 0 aromatic heterocycles. The fraction of sp³-hybridized carbons (Fsp3) is 0.429. The number of hydrogen-bond acceptors (Lipinski definition) is 5. The number of carboxylic acid groups (broad SMARTS) is 1. The Kier molecular flexibility index (Phi) is 5.02. The number of carbonyl (C=O) groups is 2. The number of benzene rings is 1. The smallest absolute Gasteiger partial charge is 0.328 e. The highest BCUT2D eigenvalue weighted by atomic mass is 16.5. The topological polar surface area (TPSA) is 94.1 Å². The molecule has 7 nitrogen and oxygen atoms in total. The van der Waals surface area contributed by atoms with Crippen LogP contribution in [-0.2, 0) is 4.79 Å². The summed E-state index contributed by atoms with van der Waals surface area (Å²) in [6.07, 6.45) is 0. The Morgan fingerprint density at radius 1 is 1.05 bits per heavy atom. The van der Waals surface area contributed by atoms with Crippen LogP contribution in [-0.4, -0.2) is 43.9 Å². The van der Waals surface area contributed by atoms with E-state index in [0.717, 1.165) is 0 Å². The second-order valence-electron chi connectivity index (χ2n) is 4.80. The molecule has 0 aliphatic heterocycles. The molecule has 0 spiro atoms. The van der Waals surface area contributed by atoms with Crippen molar-refractivity contribution in [1.82, 2.24) is 5.32 Å². The molecule has 1 amide bonds. The van der Waals surface area contributed by atoms with Crippen LogP contribution in [0.25, 0.3) is 0 Å². The molecule has 1 aromatic rings. The number of nitrogens with one attached hydrogen (secondary N) is 1. The third kappa shape index (κ3) is 3.56. The van der Waals surface area contributed by atoms with E-state index in [9.17, 15) is 9.59 Å². The van der Waals surface area contributed by atoms with Gasteiger partial charge in [0.1, 0.15) is 5.54 Å². The highest BCUT2D eigenvalue weighted by molar-refractivity contribution is 5.98. The Labute approximate surface area is 122 Å². The summed E-state index contributed by atoms with van der Waals surface area (Å²) in [5.74, 6) is -0.704. The predicted octanol–water partition coefficient (Wildman–Crippen LogP) is 1.31. The molecule has 0 heterocycles. The van der Waals surface area contributed by atoms with Crippen molar-refractivity contribution in [1.29, 1.82) is 0 Å². The largest absolute Gasteiger partial charge is 0.493 e. The third-order valence-corrected chi connectivity index (χ3v) is 2.89. The van der Waals surface area contributed by atoms with Crippen LogP contribution in [0.15, 0.2) is 12.1 Å². The van der Waals surface area contributed by atoms with Gasteiger partial charge in [0.05, 0.1) is 21.3 Å². The van der Waals surface area contributed by atoms with E-state index in [1.54, 1.807) is 0 Å². The molecule has 0 fully saturated rings. The number of methoxy groups -OCH3 is 3. The number of aliphatic carboxylic acids is 1. The number of amides is 1. The zero-order valence-corrected chi connectivity index (χ0v) is 12.6. The Morgan fingerprint density at radius 3 is 1.86 bits per heavy atom. The van der Waals surface area contributed by atoms with Crippen molar-refractivity contribution < 1.29 is 28.9 Å². The molecule has 1 rings (SSSR count). The van der Waals surface area contributed by atoms with Gasteiger partial charge in [0.2, 0.25) is 5.75 Å². The molecule has 0 saturated carbocycles. The molecular weight excluding hydrogens is 278 g/mol. The first-order valence-electron chi connectivity index (χ1n) is 6.12. The first kappa shape index (κ1) is 16.6. The highest BCUT2D eigenvalue weighted by Gasteiger charge is 2.30. The van der Waals surface area contributed by atoms with E-state index in [4.69, 9.17) is 19.3 Å². The summed E-state index contributed by atoms with van der Waals surface area (Å²) in [6.45, 7) is 2.79. The van der Waals surface area contributed by atoms with Crippen LogP contribution in [0.4, 0.5) is 0 Å². The zero-order valence-electron chi connectivity index (χ0n) is 12.6. The van der Waals surface area contributed by atoms with E-state index < -0.39 is 17.4 Å². The first-order chi connectivity index (χ1) is 9.76. The second kappa shape index (κ2) is 6.34.